The standard InChI is InChI=1S/C16H24BrN3O2/c1-16(2,3)22-15(21)20-9-5-6-13(20)11-19(4)14-8-7-12(17)10-18-14/h7-8,10,13H,5-6,9,11H2,1-4H3. The van der Waals surface area contributed by atoms with Crippen molar-refractivity contribution < 1.29 is 9.53 Å². The number of nitrogens with zero attached hydrogens (tertiary/aromatic N) is 3. The van der Waals surface area contributed by atoms with Crippen LogP contribution >= 0.6 is 15.9 Å². The number of pyridine rings is 1. The SMILES string of the molecule is CN(CC1CCCN1C(=O)OC(C)(C)C)c1ccc(Br)cn1. The lowest BCUT2D eigenvalue weighted by molar-refractivity contribution is 0.0232. The predicted octanol–water partition coefficient (Wildman–Crippen LogP) is 3.68. The van der Waals surface area contributed by atoms with Gasteiger partial charge in [-0.25, -0.2) is 9.78 Å². The topological polar surface area (TPSA) is 45.7 Å². The summed E-state index contributed by atoms with van der Waals surface area (Å²) >= 11 is 3.39. The van der Waals surface area contributed by atoms with Gasteiger partial charge in [0.25, 0.3) is 0 Å². The molecule has 0 saturated carbocycles. The van der Waals surface area contributed by atoms with Gasteiger partial charge in [0.15, 0.2) is 0 Å². The van der Waals surface area contributed by atoms with Gasteiger partial charge in [-0.05, 0) is 61.7 Å². The number of ether oxygens (including phenoxy) is 1. The molecule has 0 aliphatic carbocycles. The Labute approximate surface area is 140 Å². The summed E-state index contributed by atoms with van der Waals surface area (Å²) in [6.07, 6.45) is 3.59. The Kier molecular flexibility index (Phi) is 5.32. The Hall–Kier alpha value is -1.30. The Morgan fingerprint density at radius 2 is 2.23 bits per heavy atom. The smallest absolute Gasteiger partial charge is 0.410 e. The first kappa shape index (κ1) is 17.1. The van der Waals surface area contributed by atoms with Crippen LogP contribution in [0.1, 0.15) is 33.6 Å². The summed E-state index contributed by atoms with van der Waals surface area (Å²) in [6, 6.07) is 4.11. The maximum atomic E-state index is 12.3. The van der Waals surface area contributed by atoms with E-state index in [4.69, 9.17) is 4.74 Å². The summed E-state index contributed by atoms with van der Waals surface area (Å²) in [4.78, 5) is 20.6. The van der Waals surface area contributed by atoms with Crippen LogP contribution in [0.25, 0.3) is 0 Å². The van der Waals surface area contributed by atoms with Crippen molar-refractivity contribution in [3.8, 4) is 0 Å². The average molecular weight is 370 g/mol. The molecule has 5 nitrogen and oxygen atoms in total. The van der Waals surface area contributed by atoms with E-state index in [-0.39, 0.29) is 12.1 Å². The second-order valence-electron chi connectivity index (χ2n) is 6.68. The van der Waals surface area contributed by atoms with Crippen LogP contribution < -0.4 is 4.90 Å². The third kappa shape index (κ3) is 4.60. The van der Waals surface area contributed by atoms with Gasteiger partial charge in [-0.1, -0.05) is 0 Å². The molecule has 1 aromatic rings. The van der Waals surface area contributed by atoms with Gasteiger partial charge in [0, 0.05) is 30.8 Å². The van der Waals surface area contributed by atoms with Crippen molar-refractivity contribution in [2.24, 2.45) is 0 Å². The van der Waals surface area contributed by atoms with Gasteiger partial charge in [-0.3, -0.25) is 0 Å². The first-order valence-corrected chi connectivity index (χ1v) is 8.38. The minimum absolute atomic E-state index is 0.172. The number of amides is 1. The second kappa shape index (κ2) is 6.86. The highest BCUT2D eigenvalue weighted by atomic mass is 79.9. The van der Waals surface area contributed by atoms with E-state index in [1.807, 2.05) is 44.9 Å². The van der Waals surface area contributed by atoms with Gasteiger partial charge in [0.05, 0.1) is 6.04 Å². The van der Waals surface area contributed by atoms with Crippen LogP contribution in [0.3, 0.4) is 0 Å². The fourth-order valence-corrected chi connectivity index (χ4v) is 2.82. The molecule has 122 valence electrons. The second-order valence-corrected chi connectivity index (χ2v) is 7.60. The molecule has 0 radical (unpaired) electrons. The molecule has 1 fully saturated rings. The molecule has 2 rings (SSSR count). The Bertz CT molecular complexity index is 513. The summed E-state index contributed by atoms with van der Waals surface area (Å²) in [7, 11) is 2.00. The molecule has 0 bridgehead atoms. The summed E-state index contributed by atoms with van der Waals surface area (Å²) in [6.45, 7) is 7.21. The lowest BCUT2D eigenvalue weighted by Crippen LogP contribution is -2.44. The number of carbonyl (C=O) groups is 1. The maximum Gasteiger partial charge on any atom is 0.410 e. The lowest BCUT2D eigenvalue weighted by atomic mass is 10.2. The van der Waals surface area contributed by atoms with E-state index in [1.54, 1.807) is 6.20 Å². The lowest BCUT2D eigenvalue weighted by Gasteiger charge is -2.31. The molecule has 0 N–H and O–H groups in total. The van der Waals surface area contributed by atoms with E-state index < -0.39 is 5.60 Å². The molecule has 1 aliphatic heterocycles. The molecule has 1 saturated heterocycles. The molecular formula is C16H24BrN3O2. The molecule has 1 atom stereocenters. The first-order valence-electron chi connectivity index (χ1n) is 7.58. The Morgan fingerprint density at radius 3 is 2.82 bits per heavy atom. The fourth-order valence-electron chi connectivity index (χ4n) is 2.59. The predicted molar refractivity (Wildman–Crippen MR) is 91.2 cm³/mol. The van der Waals surface area contributed by atoms with Gasteiger partial charge < -0.3 is 14.5 Å². The van der Waals surface area contributed by atoms with Crippen LogP contribution in [0, 0.1) is 0 Å². The molecular weight excluding hydrogens is 346 g/mol. The Balaban J connectivity index is 1.98. The van der Waals surface area contributed by atoms with Crippen LogP contribution in [-0.4, -0.2) is 47.8 Å². The number of anilines is 1. The third-order valence-corrected chi connectivity index (χ3v) is 4.06. The highest BCUT2D eigenvalue weighted by molar-refractivity contribution is 9.10. The summed E-state index contributed by atoms with van der Waals surface area (Å²) in [5.74, 6) is 0.902. The van der Waals surface area contributed by atoms with Crippen molar-refractivity contribution in [2.75, 3.05) is 25.0 Å². The van der Waals surface area contributed by atoms with Crippen LogP contribution in [-0.2, 0) is 4.74 Å². The van der Waals surface area contributed by atoms with Crippen molar-refractivity contribution in [1.82, 2.24) is 9.88 Å². The number of aromatic nitrogens is 1. The Morgan fingerprint density at radius 1 is 1.50 bits per heavy atom. The van der Waals surface area contributed by atoms with Crippen molar-refractivity contribution in [1.29, 1.82) is 0 Å². The van der Waals surface area contributed by atoms with Crippen molar-refractivity contribution in [2.45, 2.75) is 45.3 Å². The summed E-state index contributed by atoms with van der Waals surface area (Å²) in [5, 5.41) is 0. The van der Waals surface area contributed by atoms with E-state index in [0.29, 0.717) is 0 Å². The molecule has 2 heterocycles. The van der Waals surface area contributed by atoms with Crippen LogP contribution in [0.2, 0.25) is 0 Å². The number of hydrogen-bond acceptors (Lipinski definition) is 4. The number of likely N-dealkylation sites (N-methyl/N-ethyl adjacent to an activating group) is 1. The largest absolute Gasteiger partial charge is 0.444 e. The van der Waals surface area contributed by atoms with E-state index in [0.717, 1.165) is 36.2 Å². The van der Waals surface area contributed by atoms with Gasteiger partial charge in [-0.15, -0.1) is 0 Å². The number of carbonyl (C=O) groups excluding carboxylic acids is 1. The molecule has 22 heavy (non-hydrogen) atoms. The zero-order chi connectivity index (χ0) is 16.3. The monoisotopic (exact) mass is 369 g/mol. The number of halogens is 1. The van der Waals surface area contributed by atoms with E-state index in [2.05, 4.69) is 25.8 Å². The average Bonchev–Trinajstić information content (AvgIpc) is 2.85. The van der Waals surface area contributed by atoms with Crippen LogP contribution in [0.15, 0.2) is 22.8 Å². The summed E-state index contributed by atoms with van der Waals surface area (Å²) in [5.41, 5.74) is -0.455. The first-order chi connectivity index (χ1) is 10.3. The number of rotatable bonds is 3. The van der Waals surface area contributed by atoms with Gasteiger partial charge >= 0.3 is 6.09 Å². The maximum absolute atomic E-state index is 12.3. The highest BCUT2D eigenvalue weighted by Gasteiger charge is 2.32. The molecule has 1 aromatic heterocycles. The van der Waals surface area contributed by atoms with Crippen molar-refractivity contribution >= 4 is 27.8 Å². The zero-order valence-electron chi connectivity index (χ0n) is 13.7. The van der Waals surface area contributed by atoms with Gasteiger partial charge in [0.1, 0.15) is 11.4 Å². The fraction of sp³-hybridized carbons (Fsp3) is 0.625. The van der Waals surface area contributed by atoms with E-state index in [9.17, 15) is 4.79 Å². The minimum Gasteiger partial charge on any atom is -0.444 e. The molecule has 0 aromatic carbocycles. The highest BCUT2D eigenvalue weighted by Crippen LogP contribution is 2.23. The molecule has 1 aliphatic rings. The van der Waals surface area contributed by atoms with Gasteiger partial charge in [-0.2, -0.15) is 0 Å². The molecule has 1 unspecified atom stereocenters. The normalized spacial score (nSPS) is 18.4. The number of hydrogen-bond donors (Lipinski definition) is 0. The van der Waals surface area contributed by atoms with Gasteiger partial charge in [0.2, 0.25) is 0 Å². The number of likely N-dealkylation sites (tertiary alicyclic amines) is 1. The third-order valence-electron chi connectivity index (χ3n) is 3.59. The van der Waals surface area contributed by atoms with E-state index in [1.165, 1.54) is 0 Å². The van der Waals surface area contributed by atoms with Crippen LogP contribution in [0.5, 0.6) is 0 Å². The molecule has 0 spiro atoms. The minimum atomic E-state index is -0.455. The molecule has 1 amide bonds. The van der Waals surface area contributed by atoms with Crippen LogP contribution in [0.4, 0.5) is 10.6 Å². The summed E-state index contributed by atoms with van der Waals surface area (Å²) < 4.78 is 6.46. The molecule has 6 heteroatoms. The van der Waals surface area contributed by atoms with Crippen molar-refractivity contribution in [3.05, 3.63) is 22.8 Å². The van der Waals surface area contributed by atoms with E-state index >= 15 is 0 Å². The zero-order valence-corrected chi connectivity index (χ0v) is 15.3. The quantitative estimate of drug-likeness (QED) is 0.814. The van der Waals surface area contributed by atoms with Crippen molar-refractivity contribution in [3.63, 3.8) is 0 Å².